The van der Waals surface area contributed by atoms with Gasteiger partial charge in [0.2, 0.25) is 0 Å². The summed E-state index contributed by atoms with van der Waals surface area (Å²) in [6.07, 6.45) is 4.50. The Bertz CT molecular complexity index is 291. The summed E-state index contributed by atoms with van der Waals surface area (Å²) in [6.45, 7) is 0. The minimum atomic E-state index is -2.71. The van der Waals surface area contributed by atoms with Crippen LogP contribution in [0.5, 0.6) is 0 Å². The Balaban J connectivity index is 0.000000415. The molecule has 0 saturated heterocycles. The monoisotopic (exact) mass is 255 g/mol. The lowest BCUT2D eigenvalue weighted by Crippen LogP contribution is -2.51. The summed E-state index contributed by atoms with van der Waals surface area (Å²) in [7, 11) is 1.99. The van der Waals surface area contributed by atoms with E-state index in [9.17, 15) is 0 Å². The van der Waals surface area contributed by atoms with Crippen LogP contribution in [0.2, 0.25) is 0 Å². The molecule has 0 aliphatic heterocycles. The van der Waals surface area contributed by atoms with Gasteiger partial charge in [0.05, 0.1) is 0 Å². The molecule has 1 N–H and O–H groups in total. The summed E-state index contributed by atoms with van der Waals surface area (Å²) in [5, 5.41) is 0. The number of benzene rings is 1. The zero-order valence-corrected chi connectivity index (χ0v) is 11.7. The third-order valence-electron chi connectivity index (χ3n) is 2.23. The van der Waals surface area contributed by atoms with Crippen molar-refractivity contribution in [1.82, 2.24) is 0 Å². The Hall–Kier alpha value is -0.883. The first-order valence-corrected chi connectivity index (χ1v) is 7.47. The average molecular weight is 255 g/mol. The molecule has 0 atom stereocenters. The van der Waals surface area contributed by atoms with Gasteiger partial charge in [-0.2, -0.15) is 0 Å². The first-order chi connectivity index (χ1) is 8.26. The highest BCUT2D eigenvalue weighted by Crippen LogP contribution is 2.15. The van der Waals surface area contributed by atoms with Crippen LogP contribution in [0.15, 0.2) is 30.3 Å². The van der Waals surface area contributed by atoms with Crippen molar-refractivity contribution >= 4 is 14.7 Å². The molecular formula is C12H21NO3Si. The summed E-state index contributed by atoms with van der Waals surface area (Å²) in [4.78, 5) is 3.11. The topological polar surface area (TPSA) is 39.7 Å². The van der Waals surface area contributed by atoms with Gasteiger partial charge in [0, 0.05) is 27.0 Å². The fourth-order valence-corrected chi connectivity index (χ4v) is 2.43. The predicted octanol–water partition coefficient (Wildman–Crippen LogP) is 2.64. The summed E-state index contributed by atoms with van der Waals surface area (Å²) in [6, 6.07) is 9.67. The highest BCUT2D eigenvalue weighted by molar-refractivity contribution is 6.64. The highest BCUT2D eigenvalue weighted by Gasteiger charge is 2.39. The van der Waals surface area contributed by atoms with E-state index in [-0.39, 0.29) is 0 Å². The molecule has 96 valence electrons. The Morgan fingerprint density at radius 2 is 1.35 bits per heavy atom. The van der Waals surface area contributed by atoms with E-state index in [4.69, 9.17) is 13.3 Å². The Labute approximate surface area is 104 Å². The van der Waals surface area contributed by atoms with Gasteiger partial charge in [-0.1, -0.05) is 37.5 Å². The molecule has 0 amide bonds. The van der Waals surface area contributed by atoms with E-state index in [1.165, 1.54) is 19.3 Å². The van der Waals surface area contributed by atoms with E-state index in [1.54, 1.807) is 21.3 Å². The van der Waals surface area contributed by atoms with E-state index in [0.29, 0.717) is 0 Å². The van der Waals surface area contributed by atoms with Gasteiger partial charge >= 0.3 is 8.97 Å². The van der Waals surface area contributed by atoms with Gasteiger partial charge in [-0.3, -0.25) is 0 Å². The van der Waals surface area contributed by atoms with Crippen LogP contribution in [0.1, 0.15) is 19.3 Å². The Morgan fingerprint density at radius 1 is 0.882 bits per heavy atom. The van der Waals surface area contributed by atoms with Crippen molar-refractivity contribution in [3.63, 3.8) is 0 Å². The molecule has 1 aromatic carbocycles. The van der Waals surface area contributed by atoms with Crippen molar-refractivity contribution in [2.75, 3.05) is 26.3 Å². The van der Waals surface area contributed by atoms with Gasteiger partial charge in [-0.25, -0.2) is 0 Å². The molecule has 2 rings (SSSR count). The van der Waals surface area contributed by atoms with Crippen molar-refractivity contribution in [3.05, 3.63) is 30.3 Å². The Morgan fingerprint density at radius 3 is 1.71 bits per heavy atom. The fraction of sp³-hybridized carbons (Fsp3) is 0.500. The van der Waals surface area contributed by atoms with Crippen LogP contribution in [-0.4, -0.2) is 30.3 Å². The second-order valence-corrected chi connectivity index (χ2v) is 6.31. The van der Waals surface area contributed by atoms with Crippen LogP contribution < -0.4 is 4.98 Å². The molecular weight excluding hydrogens is 234 g/mol. The second-order valence-electron chi connectivity index (χ2n) is 3.72. The SMILES string of the molecule is C1CC1.CO[Si](Nc1ccccc1)(OC)OC. The average Bonchev–Trinajstić information content (AvgIpc) is 3.25. The highest BCUT2D eigenvalue weighted by atomic mass is 28.4. The van der Waals surface area contributed by atoms with E-state index < -0.39 is 8.97 Å². The molecule has 1 aliphatic carbocycles. The summed E-state index contributed by atoms with van der Waals surface area (Å²) >= 11 is 0. The van der Waals surface area contributed by atoms with Crippen molar-refractivity contribution < 1.29 is 13.3 Å². The van der Waals surface area contributed by atoms with E-state index in [1.807, 2.05) is 30.3 Å². The van der Waals surface area contributed by atoms with E-state index in [2.05, 4.69) is 4.98 Å². The van der Waals surface area contributed by atoms with Crippen molar-refractivity contribution in [1.29, 1.82) is 0 Å². The predicted molar refractivity (Wildman–Crippen MR) is 70.7 cm³/mol. The van der Waals surface area contributed by atoms with Gasteiger partial charge in [0.1, 0.15) is 0 Å². The largest absolute Gasteiger partial charge is 0.630 e. The molecule has 0 heterocycles. The molecule has 0 bridgehead atoms. The van der Waals surface area contributed by atoms with Crippen LogP contribution >= 0.6 is 0 Å². The summed E-state index contributed by atoms with van der Waals surface area (Å²) in [5.74, 6) is 0. The maximum absolute atomic E-state index is 5.22. The summed E-state index contributed by atoms with van der Waals surface area (Å²) in [5.41, 5.74) is 0.921. The van der Waals surface area contributed by atoms with Crippen LogP contribution in [0, 0.1) is 0 Å². The first kappa shape index (κ1) is 14.2. The molecule has 1 fully saturated rings. The molecule has 17 heavy (non-hydrogen) atoms. The number of nitrogens with one attached hydrogen (secondary N) is 1. The fourth-order valence-electron chi connectivity index (χ4n) is 1.10. The number of hydrogen-bond donors (Lipinski definition) is 1. The van der Waals surface area contributed by atoms with Gasteiger partial charge in [-0.05, 0) is 12.1 Å². The van der Waals surface area contributed by atoms with Crippen LogP contribution in [0.3, 0.4) is 0 Å². The van der Waals surface area contributed by atoms with Crippen molar-refractivity contribution in [2.24, 2.45) is 0 Å². The summed E-state index contributed by atoms with van der Waals surface area (Å²) < 4.78 is 15.7. The van der Waals surface area contributed by atoms with Crippen molar-refractivity contribution in [2.45, 2.75) is 19.3 Å². The Kier molecular flexibility index (Phi) is 6.21. The molecule has 0 unspecified atom stereocenters. The molecule has 1 saturated carbocycles. The molecule has 0 aromatic heterocycles. The van der Waals surface area contributed by atoms with Gasteiger partial charge in [0.25, 0.3) is 0 Å². The van der Waals surface area contributed by atoms with Crippen LogP contribution in [0.4, 0.5) is 5.69 Å². The maximum atomic E-state index is 5.22. The normalized spacial score (nSPS) is 13.6. The van der Waals surface area contributed by atoms with Crippen molar-refractivity contribution in [3.8, 4) is 0 Å². The first-order valence-electron chi connectivity index (χ1n) is 5.75. The molecule has 0 radical (unpaired) electrons. The maximum Gasteiger partial charge on any atom is 0.630 e. The minimum absolute atomic E-state index is 0.921. The molecule has 4 nitrogen and oxygen atoms in total. The quantitative estimate of drug-likeness (QED) is 0.821. The van der Waals surface area contributed by atoms with Crippen LogP contribution in [-0.2, 0) is 13.3 Å². The van der Waals surface area contributed by atoms with E-state index >= 15 is 0 Å². The minimum Gasteiger partial charge on any atom is -0.360 e. The third kappa shape index (κ3) is 5.32. The standard InChI is InChI=1S/C9H15NO3Si.C3H6/c1-11-14(12-2,13-3)10-9-7-5-4-6-8-9;1-2-3-1/h4-8,10H,1-3H3;1-3H2. The van der Waals surface area contributed by atoms with Crippen LogP contribution in [0.25, 0.3) is 0 Å². The lowest BCUT2D eigenvalue weighted by Gasteiger charge is -2.24. The lowest BCUT2D eigenvalue weighted by atomic mass is 10.3. The van der Waals surface area contributed by atoms with Gasteiger partial charge < -0.3 is 18.3 Å². The number of para-hydroxylation sites is 1. The zero-order chi connectivity index (χ0) is 12.6. The third-order valence-corrected chi connectivity index (χ3v) is 4.44. The smallest absolute Gasteiger partial charge is 0.360 e. The lowest BCUT2D eigenvalue weighted by molar-refractivity contribution is 0.132. The molecule has 0 spiro atoms. The molecule has 5 heteroatoms. The molecule has 1 aromatic rings. The second kappa shape index (κ2) is 7.44. The van der Waals surface area contributed by atoms with Gasteiger partial charge in [-0.15, -0.1) is 0 Å². The zero-order valence-electron chi connectivity index (χ0n) is 10.7. The number of rotatable bonds is 5. The van der Waals surface area contributed by atoms with E-state index in [0.717, 1.165) is 5.69 Å². The number of anilines is 1. The van der Waals surface area contributed by atoms with Gasteiger partial charge in [0.15, 0.2) is 0 Å². The molecule has 1 aliphatic rings. The number of hydrogen-bond acceptors (Lipinski definition) is 4.